The molecule has 1 fully saturated rings. The van der Waals surface area contributed by atoms with Crippen molar-refractivity contribution in [2.75, 3.05) is 43.8 Å². The summed E-state index contributed by atoms with van der Waals surface area (Å²) in [6.07, 6.45) is 5.03. The van der Waals surface area contributed by atoms with Crippen LogP contribution < -0.4 is 5.09 Å². The molecule has 0 aliphatic carbocycles. The highest BCUT2D eigenvalue weighted by Gasteiger charge is 2.37. The van der Waals surface area contributed by atoms with E-state index in [-0.39, 0.29) is 12.0 Å². The lowest BCUT2D eigenvalue weighted by molar-refractivity contribution is 0.227. The van der Waals surface area contributed by atoms with Gasteiger partial charge in [-0.05, 0) is 25.0 Å². The summed E-state index contributed by atoms with van der Waals surface area (Å²) in [5.74, 6) is 1.82. The van der Waals surface area contributed by atoms with Crippen LogP contribution in [0.25, 0.3) is 0 Å². The second-order valence-electron chi connectivity index (χ2n) is 5.10. The smallest absolute Gasteiger partial charge is 0.344 e. The average Bonchev–Trinajstić information content (AvgIpc) is 2.51. The predicted octanol–water partition coefficient (Wildman–Crippen LogP) is 3.50. The van der Waals surface area contributed by atoms with Gasteiger partial charge in [-0.3, -0.25) is 4.57 Å². The molecule has 132 valence electrons. The fourth-order valence-corrected chi connectivity index (χ4v) is 6.45. The van der Waals surface area contributed by atoms with Crippen molar-refractivity contribution < 1.29 is 14.2 Å². The second-order valence-corrected chi connectivity index (χ2v) is 9.29. The Kier molecular flexibility index (Phi) is 11.8. The Labute approximate surface area is 148 Å². The first-order valence-corrected chi connectivity index (χ1v) is 11.5. The van der Waals surface area contributed by atoms with Crippen LogP contribution >= 0.6 is 42.6 Å². The minimum Gasteiger partial charge on any atom is -0.396 e. The van der Waals surface area contributed by atoms with Crippen LogP contribution in [0.4, 0.5) is 0 Å². The molecule has 0 amide bonds. The van der Waals surface area contributed by atoms with Crippen LogP contribution in [0.5, 0.6) is 0 Å². The molecular formula is C13H27Cl2N2O3PS. The molecule has 1 aliphatic rings. The summed E-state index contributed by atoms with van der Waals surface area (Å²) >= 11 is 13.4. The molecular weight excluding hydrogens is 366 g/mol. The van der Waals surface area contributed by atoms with Gasteiger partial charge in [-0.25, -0.2) is 9.76 Å². The number of alkyl halides is 2. The lowest BCUT2D eigenvalue weighted by atomic mass is 10.2. The van der Waals surface area contributed by atoms with Crippen LogP contribution in [0.3, 0.4) is 0 Å². The van der Waals surface area contributed by atoms with E-state index >= 15 is 0 Å². The Bertz CT molecular complexity index is 336. The fraction of sp³-hybridized carbons (Fsp3) is 1.00. The fourth-order valence-electron chi connectivity index (χ4n) is 2.21. The van der Waals surface area contributed by atoms with Gasteiger partial charge in [0.1, 0.15) is 0 Å². The monoisotopic (exact) mass is 392 g/mol. The van der Waals surface area contributed by atoms with Gasteiger partial charge in [0.15, 0.2) is 0 Å². The highest BCUT2D eigenvalue weighted by atomic mass is 35.5. The molecule has 5 nitrogen and oxygen atoms in total. The lowest BCUT2D eigenvalue weighted by Gasteiger charge is -2.36. The Morgan fingerprint density at radius 3 is 2.55 bits per heavy atom. The molecule has 1 saturated heterocycles. The number of aliphatic hydroxyl groups excluding tert-OH is 1. The van der Waals surface area contributed by atoms with Gasteiger partial charge < -0.3 is 9.63 Å². The van der Waals surface area contributed by atoms with E-state index in [1.165, 1.54) is 0 Å². The molecule has 0 spiro atoms. The Hall–Kier alpha value is 1.00. The molecule has 2 atom stereocenters. The van der Waals surface area contributed by atoms with E-state index in [1.807, 2.05) is 0 Å². The molecule has 1 aliphatic heterocycles. The third-order valence-electron chi connectivity index (χ3n) is 3.38. The molecule has 1 rings (SSSR count). The molecule has 0 aromatic carbocycles. The standard InChI is InChI=1S/C13H27Cl2N2O3PS/c14-6-8-17(9-7-15)21(19)16-13(5-11-20-21)22-12-4-2-1-3-10-18/h13,18H,1-12H2,(H,16,19). The average molecular weight is 393 g/mol. The molecule has 0 bridgehead atoms. The number of unbranched alkanes of at least 4 members (excludes halogenated alkanes) is 3. The van der Waals surface area contributed by atoms with E-state index in [0.29, 0.717) is 31.5 Å². The zero-order valence-corrected chi connectivity index (χ0v) is 16.1. The van der Waals surface area contributed by atoms with Gasteiger partial charge in [-0.2, -0.15) is 0 Å². The molecule has 0 aromatic rings. The minimum absolute atomic E-state index is 0.144. The van der Waals surface area contributed by atoms with Crippen molar-refractivity contribution in [3.63, 3.8) is 0 Å². The Balaban J connectivity index is 2.37. The van der Waals surface area contributed by atoms with Gasteiger partial charge in [0.2, 0.25) is 0 Å². The van der Waals surface area contributed by atoms with E-state index < -0.39 is 7.67 Å². The number of thioether (sulfide) groups is 1. The molecule has 9 heteroatoms. The largest absolute Gasteiger partial charge is 0.396 e. The SMILES string of the molecule is O=P1(N(CCCl)CCCl)NC(SCCCCCCO)CCO1. The molecule has 2 unspecified atom stereocenters. The Morgan fingerprint density at radius 1 is 1.23 bits per heavy atom. The number of hydrogen-bond acceptors (Lipinski definition) is 4. The van der Waals surface area contributed by atoms with E-state index in [1.54, 1.807) is 16.4 Å². The first-order valence-electron chi connectivity index (χ1n) is 7.78. The summed E-state index contributed by atoms with van der Waals surface area (Å²) in [6, 6.07) is 0. The number of nitrogens with one attached hydrogen (secondary N) is 1. The highest BCUT2D eigenvalue weighted by molar-refractivity contribution is 8.00. The maximum atomic E-state index is 12.9. The number of nitrogens with zero attached hydrogens (tertiary/aromatic N) is 1. The first-order chi connectivity index (χ1) is 10.7. The van der Waals surface area contributed by atoms with Crippen LogP contribution in [0.1, 0.15) is 32.1 Å². The van der Waals surface area contributed by atoms with Crippen molar-refractivity contribution in [1.29, 1.82) is 0 Å². The van der Waals surface area contributed by atoms with Gasteiger partial charge in [-0.15, -0.1) is 35.0 Å². The third-order valence-corrected chi connectivity index (χ3v) is 7.49. The highest BCUT2D eigenvalue weighted by Crippen LogP contribution is 2.50. The van der Waals surface area contributed by atoms with Crippen molar-refractivity contribution in [2.45, 2.75) is 37.5 Å². The van der Waals surface area contributed by atoms with E-state index in [2.05, 4.69) is 5.09 Å². The number of aliphatic hydroxyl groups is 1. The van der Waals surface area contributed by atoms with Gasteiger partial charge in [-0.1, -0.05) is 12.8 Å². The third kappa shape index (κ3) is 7.71. The van der Waals surface area contributed by atoms with Crippen molar-refractivity contribution >= 4 is 42.6 Å². The second kappa shape index (κ2) is 12.4. The van der Waals surface area contributed by atoms with Gasteiger partial charge in [0.25, 0.3) is 0 Å². The quantitative estimate of drug-likeness (QED) is 0.301. The summed E-state index contributed by atoms with van der Waals surface area (Å²) in [4.78, 5) is 0. The number of hydrogen-bond donors (Lipinski definition) is 2. The number of halogens is 2. The molecule has 0 radical (unpaired) electrons. The van der Waals surface area contributed by atoms with Crippen molar-refractivity contribution in [1.82, 2.24) is 9.76 Å². The molecule has 0 aromatic heterocycles. The van der Waals surface area contributed by atoms with Crippen molar-refractivity contribution in [3.05, 3.63) is 0 Å². The summed E-state index contributed by atoms with van der Waals surface area (Å²) in [6.45, 7) is 1.76. The zero-order valence-electron chi connectivity index (χ0n) is 12.9. The van der Waals surface area contributed by atoms with Crippen LogP contribution in [-0.4, -0.2) is 59.0 Å². The van der Waals surface area contributed by atoms with E-state index in [4.69, 9.17) is 32.8 Å². The topological polar surface area (TPSA) is 61.8 Å². The summed E-state index contributed by atoms with van der Waals surface area (Å²) in [5, 5.41) is 12.1. The van der Waals surface area contributed by atoms with Gasteiger partial charge >= 0.3 is 7.67 Å². The molecule has 1 heterocycles. The maximum Gasteiger partial charge on any atom is 0.344 e. The van der Waals surface area contributed by atoms with Crippen LogP contribution in [0.2, 0.25) is 0 Å². The van der Waals surface area contributed by atoms with Crippen LogP contribution in [0, 0.1) is 0 Å². The summed E-state index contributed by atoms with van der Waals surface area (Å²) < 4.78 is 20.2. The summed E-state index contributed by atoms with van der Waals surface area (Å²) in [5.41, 5.74) is 0. The van der Waals surface area contributed by atoms with Crippen LogP contribution in [-0.2, 0) is 9.09 Å². The van der Waals surface area contributed by atoms with Crippen molar-refractivity contribution in [3.8, 4) is 0 Å². The molecule has 2 N–H and O–H groups in total. The molecule has 22 heavy (non-hydrogen) atoms. The Morgan fingerprint density at radius 2 is 1.91 bits per heavy atom. The van der Waals surface area contributed by atoms with Gasteiger partial charge in [0.05, 0.1) is 12.0 Å². The van der Waals surface area contributed by atoms with E-state index in [9.17, 15) is 4.57 Å². The zero-order chi connectivity index (χ0) is 16.3. The maximum absolute atomic E-state index is 12.9. The lowest BCUT2D eigenvalue weighted by Crippen LogP contribution is -2.40. The molecule has 0 saturated carbocycles. The number of rotatable bonds is 12. The first kappa shape index (κ1) is 21.0. The van der Waals surface area contributed by atoms with E-state index in [0.717, 1.165) is 37.9 Å². The normalized spacial score (nSPS) is 25.7. The van der Waals surface area contributed by atoms with Crippen molar-refractivity contribution in [2.24, 2.45) is 0 Å². The predicted molar refractivity (Wildman–Crippen MR) is 96.1 cm³/mol. The minimum atomic E-state index is -3.02. The van der Waals surface area contributed by atoms with Crippen LogP contribution in [0.15, 0.2) is 0 Å². The van der Waals surface area contributed by atoms with Gasteiger partial charge in [0, 0.05) is 31.5 Å². The summed E-state index contributed by atoms with van der Waals surface area (Å²) in [7, 11) is -3.02.